The highest BCUT2D eigenvalue weighted by Crippen LogP contribution is 2.38. The predicted octanol–water partition coefficient (Wildman–Crippen LogP) is 6.33. The molecule has 0 bridgehead atoms. The Morgan fingerprint density at radius 3 is 2.42 bits per heavy atom. The molecule has 0 saturated heterocycles. The van der Waals surface area contributed by atoms with Crippen LogP contribution in [0.2, 0.25) is 0 Å². The summed E-state index contributed by atoms with van der Waals surface area (Å²) in [5.74, 6) is 1.56. The number of hydrogen-bond donors (Lipinski definition) is 1. The van der Waals surface area contributed by atoms with Crippen molar-refractivity contribution in [2.45, 2.75) is 40.0 Å². The van der Waals surface area contributed by atoms with E-state index in [9.17, 15) is 9.59 Å². The molecule has 1 amide bonds. The van der Waals surface area contributed by atoms with Gasteiger partial charge < -0.3 is 24.3 Å². The van der Waals surface area contributed by atoms with Crippen molar-refractivity contribution in [1.29, 1.82) is 0 Å². The molecule has 0 aliphatic carbocycles. The molecule has 0 spiro atoms. The lowest BCUT2D eigenvalue weighted by molar-refractivity contribution is -0.117. The van der Waals surface area contributed by atoms with E-state index in [0.29, 0.717) is 40.2 Å². The van der Waals surface area contributed by atoms with Crippen LogP contribution in [0.1, 0.15) is 55.1 Å². The number of carbonyl (C=O) groups excluding carboxylic acids is 2. The van der Waals surface area contributed by atoms with Crippen molar-refractivity contribution in [3.63, 3.8) is 0 Å². The number of fused-ring (bicyclic) bond motifs is 1. The molecule has 0 fully saturated rings. The summed E-state index contributed by atoms with van der Waals surface area (Å²) in [6, 6.07) is 18.1. The standard InChI is InChI=1S/C29H31NO6/c1-5-33-29(32)22-10-12-25(36-23-11-13-26-27(16-23)35-17-34-26)24(15-22)30-28(31)19(4)21-8-6-20(7-9-21)14-18(2)3/h6-13,15-16,18-19H,5,14,17H2,1-4H3,(H,30,31)/t19-/m0/s1. The molecule has 188 valence electrons. The maximum atomic E-state index is 13.2. The quantitative estimate of drug-likeness (QED) is 0.354. The molecule has 1 heterocycles. The van der Waals surface area contributed by atoms with Gasteiger partial charge in [0.25, 0.3) is 0 Å². The first-order chi connectivity index (χ1) is 17.3. The van der Waals surface area contributed by atoms with Gasteiger partial charge in [-0.05, 0) is 67.6 Å². The molecule has 1 atom stereocenters. The Morgan fingerprint density at radius 1 is 0.944 bits per heavy atom. The molecule has 0 radical (unpaired) electrons. The number of ether oxygens (including phenoxy) is 4. The van der Waals surface area contributed by atoms with Gasteiger partial charge in [-0.3, -0.25) is 4.79 Å². The molecule has 7 nitrogen and oxygen atoms in total. The maximum Gasteiger partial charge on any atom is 0.338 e. The van der Waals surface area contributed by atoms with Gasteiger partial charge >= 0.3 is 5.97 Å². The molecule has 0 unspecified atom stereocenters. The molecule has 7 heteroatoms. The van der Waals surface area contributed by atoms with Crippen LogP contribution >= 0.6 is 0 Å². The number of anilines is 1. The number of carbonyl (C=O) groups is 2. The summed E-state index contributed by atoms with van der Waals surface area (Å²) in [4.78, 5) is 25.6. The maximum absolute atomic E-state index is 13.2. The Bertz CT molecular complexity index is 1240. The first-order valence-electron chi connectivity index (χ1n) is 12.1. The second-order valence-electron chi connectivity index (χ2n) is 9.10. The first-order valence-corrected chi connectivity index (χ1v) is 12.1. The molecule has 1 N–H and O–H groups in total. The normalized spacial score (nSPS) is 12.8. The van der Waals surface area contributed by atoms with Crippen LogP contribution in [-0.2, 0) is 16.0 Å². The van der Waals surface area contributed by atoms with Gasteiger partial charge in [0.1, 0.15) is 5.75 Å². The van der Waals surface area contributed by atoms with Crippen LogP contribution in [-0.4, -0.2) is 25.3 Å². The third kappa shape index (κ3) is 5.97. The molecule has 36 heavy (non-hydrogen) atoms. The Hall–Kier alpha value is -4.00. The highest BCUT2D eigenvalue weighted by molar-refractivity contribution is 5.99. The number of hydrogen-bond acceptors (Lipinski definition) is 6. The minimum Gasteiger partial charge on any atom is -0.462 e. The third-order valence-corrected chi connectivity index (χ3v) is 5.84. The zero-order valence-corrected chi connectivity index (χ0v) is 21.0. The summed E-state index contributed by atoms with van der Waals surface area (Å²) in [5, 5.41) is 2.94. The van der Waals surface area contributed by atoms with Crippen molar-refractivity contribution in [3.05, 3.63) is 77.4 Å². The van der Waals surface area contributed by atoms with Crippen molar-refractivity contribution in [2.24, 2.45) is 5.92 Å². The van der Waals surface area contributed by atoms with Gasteiger partial charge in [-0.25, -0.2) is 4.79 Å². The largest absolute Gasteiger partial charge is 0.462 e. The number of nitrogens with one attached hydrogen (secondary N) is 1. The molecule has 1 aliphatic heterocycles. The van der Waals surface area contributed by atoms with Gasteiger partial charge in [0, 0.05) is 6.07 Å². The van der Waals surface area contributed by atoms with Crippen LogP contribution in [0.15, 0.2) is 60.7 Å². The number of benzene rings is 3. The predicted molar refractivity (Wildman–Crippen MR) is 137 cm³/mol. The van der Waals surface area contributed by atoms with Gasteiger partial charge in [0.2, 0.25) is 12.7 Å². The van der Waals surface area contributed by atoms with Crippen LogP contribution in [0.5, 0.6) is 23.0 Å². The van der Waals surface area contributed by atoms with E-state index in [0.717, 1.165) is 12.0 Å². The van der Waals surface area contributed by atoms with Gasteiger partial charge in [0.15, 0.2) is 17.2 Å². The molecule has 4 rings (SSSR count). The highest BCUT2D eigenvalue weighted by Gasteiger charge is 2.20. The van der Waals surface area contributed by atoms with Crippen LogP contribution in [0.25, 0.3) is 0 Å². The number of esters is 1. The molecule has 1 aliphatic rings. The minimum absolute atomic E-state index is 0.157. The van der Waals surface area contributed by atoms with Crippen LogP contribution < -0.4 is 19.5 Å². The molecular formula is C29H31NO6. The van der Waals surface area contributed by atoms with Crippen molar-refractivity contribution < 1.29 is 28.5 Å². The Labute approximate surface area is 211 Å². The minimum atomic E-state index is -0.476. The fraction of sp³-hybridized carbons (Fsp3) is 0.310. The fourth-order valence-electron chi connectivity index (χ4n) is 3.93. The molecule has 0 saturated carbocycles. The lowest BCUT2D eigenvalue weighted by Gasteiger charge is -2.17. The summed E-state index contributed by atoms with van der Waals surface area (Å²) in [6.07, 6.45) is 0.988. The number of amides is 1. The monoisotopic (exact) mass is 489 g/mol. The first kappa shape index (κ1) is 25.1. The summed E-state index contributed by atoms with van der Waals surface area (Å²) in [6.45, 7) is 8.35. The van der Waals surface area contributed by atoms with Crippen molar-refractivity contribution >= 4 is 17.6 Å². The summed E-state index contributed by atoms with van der Waals surface area (Å²) in [5.41, 5.74) is 2.82. The molecule has 0 aromatic heterocycles. The molecule has 3 aromatic rings. The lowest BCUT2D eigenvalue weighted by atomic mass is 9.96. The smallest absolute Gasteiger partial charge is 0.338 e. The summed E-state index contributed by atoms with van der Waals surface area (Å²) in [7, 11) is 0. The van der Waals surface area contributed by atoms with Gasteiger partial charge in [-0.15, -0.1) is 0 Å². The van der Waals surface area contributed by atoms with Crippen LogP contribution in [0.4, 0.5) is 5.69 Å². The van der Waals surface area contributed by atoms with E-state index in [1.54, 1.807) is 43.3 Å². The van der Waals surface area contributed by atoms with Gasteiger partial charge in [-0.1, -0.05) is 38.1 Å². The Balaban J connectivity index is 1.57. The average molecular weight is 490 g/mol. The van der Waals surface area contributed by atoms with Crippen molar-refractivity contribution in [1.82, 2.24) is 0 Å². The SMILES string of the molecule is CCOC(=O)c1ccc(Oc2ccc3c(c2)OCO3)c(NC(=O)[C@@H](C)c2ccc(CC(C)C)cc2)c1. The average Bonchev–Trinajstić information content (AvgIpc) is 3.33. The number of rotatable bonds is 9. The van der Waals surface area contributed by atoms with E-state index in [2.05, 4.69) is 31.3 Å². The Kier molecular flexibility index (Phi) is 7.78. The zero-order chi connectivity index (χ0) is 25.7. The van der Waals surface area contributed by atoms with Crippen LogP contribution in [0.3, 0.4) is 0 Å². The van der Waals surface area contributed by atoms with E-state index < -0.39 is 11.9 Å². The lowest BCUT2D eigenvalue weighted by Crippen LogP contribution is -2.19. The van der Waals surface area contributed by atoms with E-state index in [-0.39, 0.29) is 19.3 Å². The third-order valence-electron chi connectivity index (χ3n) is 5.84. The Morgan fingerprint density at radius 2 is 1.69 bits per heavy atom. The van der Waals surface area contributed by atoms with E-state index in [4.69, 9.17) is 18.9 Å². The topological polar surface area (TPSA) is 83.1 Å². The van der Waals surface area contributed by atoms with Gasteiger partial charge in [0.05, 0.1) is 23.8 Å². The van der Waals surface area contributed by atoms with Crippen molar-refractivity contribution in [2.75, 3.05) is 18.7 Å². The van der Waals surface area contributed by atoms with Gasteiger partial charge in [-0.2, -0.15) is 0 Å². The van der Waals surface area contributed by atoms with E-state index in [1.165, 1.54) is 5.56 Å². The van der Waals surface area contributed by atoms with Crippen LogP contribution in [0, 0.1) is 5.92 Å². The zero-order valence-electron chi connectivity index (χ0n) is 21.0. The highest BCUT2D eigenvalue weighted by atomic mass is 16.7. The van der Waals surface area contributed by atoms with E-state index >= 15 is 0 Å². The van der Waals surface area contributed by atoms with E-state index in [1.807, 2.05) is 19.1 Å². The molecular weight excluding hydrogens is 458 g/mol. The second kappa shape index (κ2) is 11.2. The van der Waals surface area contributed by atoms with Crippen molar-refractivity contribution in [3.8, 4) is 23.0 Å². The summed E-state index contributed by atoms with van der Waals surface area (Å²) >= 11 is 0. The summed E-state index contributed by atoms with van der Waals surface area (Å²) < 4.78 is 22.0. The molecule has 3 aromatic carbocycles. The second-order valence-corrected chi connectivity index (χ2v) is 9.10. The fourth-order valence-corrected chi connectivity index (χ4v) is 3.93.